The Hall–Kier alpha value is -0.0800. The Morgan fingerprint density at radius 1 is 1.57 bits per heavy atom. The van der Waals surface area contributed by atoms with E-state index < -0.39 is 0 Å². The van der Waals surface area contributed by atoms with Gasteiger partial charge in [0.1, 0.15) is 0 Å². The molecular weight excluding hydrogens is 90.1 g/mol. The first kappa shape index (κ1) is 5.06. The van der Waals surface area contributed by atoms with E-state index >= 15 is 0 Å². The van der Waals surface area contributed by atoms with E-state index in [0.29, 0.717) is 12.0 Å². The molecule has 0 bridgehead atoms. The van der Waals surface area contributed by atoms with Crippen LogP contribution >= 0.6 is 0 Å². The first-order valence-corrected chi connectivity index (χ1v) is 2.69. The smallest absolute Gasteiger partial charge is 0.0800 e. The van der Waals surface area contributed by atoms with Crippen molar-refractivity contribution in [2.75, 3.05) is 6.54 Å². The average Bonchev–Trinajstić information content (AvgIpc) is 1.91. The Morgan fingerprint density at radius 3 is 2.43 bits per heavy atom. The molecular formula is C5H11NO. The standard InChI is InChI=1S/C5H11NO/c1-4-3-6-7-5(4)2/h4-6H,3H2,1-2H3. The van der Waals surface area contributed by atoms with Gasteiger partial charge in [0.25, 0.3) is 0 Å². The molecule has 0 aromatic heterocycles. The summed E-state index contributed by atoms with van der Waals surface area (Å²) < 4.78 is 0. The third-order valence-electron chi connectivity index (χ3n) is 1.48. The molecule has 1 aliphatic heterocycles. The largest absolute Gasteiger partial charge is 0.298 e. The molecule has 1 heterocycles. The Labute approximate surface area is 43.8 Å². The fourth-order valence-electron chi connectivity index (χ4n) is 0.593. The quantitative estimate of drug-likeness (QED) is 0.481. The van der Waals surface area contributed by atoms with Gasteiger partial charge in [-0.25, -0.2) is 5.48 Å². The number of nitrogens with one attached hydrogen (secondary N) is 1. The summed E-state index contributed by atoms with van der Waals surface area (Å²) in [6.07, 6.45) is 0.403. The highest BCUT2D eigenvalue weighted by molar-refractivity contribution is 4.65. The lowest BCUT2D eigenvalue weighted by molar-refractivity contribution is 0.0366. The van der Waals surface area contributed by atoms with Crippen LogP contribution in [0, 0.1) is 5.92 Å². The van der Waals surface area contributed by atoms with Gasteiger partial charge in [0.2, 0.25) is 0 Å². The van der Waals surface area contributed by atoms with Gasteiger partial charge < -0.3 is 0 Å². The maximum atomic E-state index is 5.02. The Bertz CT molecular complexity index is 57.1. The van der Waals surface area contributed by atoms with Crippen molar-refractivity contribution in [3.8, 4) is 0 Å². The molecule has 0 saturated carbocycles. The molecule has 2 unspecified atom stereocenters. The van der Waals surface area contributed by atoms with Gasteiger partial charge >= 0.3 is 0 Å². The monoisotopic (exact) mass is 101 g/mol. The lowest BCUT2D eigenvalue weighted by Gasteiger charge is -2.01. The molecule has 0 amide bonds. The molecule has 1 N–H and O–H groups in total. The number of hydrogen-bond acceptors (Lipinski definition) is 2. The van der Waals surface area contributed by atoms with Crippen LogP contribution < -0.4 is 5.48 Å². The van der Waals surface area contributed by atoms with Crippen molar-refractivity contribution in [2.24, 2.45) is 5.92 Å². The summed E-state index contributed by atoms with van der Waals surface area (Å²) in [6, 6.07) is 0. The Balaban J connectivity index is 2.33. The van der Waals surface area contributed by atoms with Crippen LogP contribution in [0.3, 0.4) is 0 Å². The van der Waals surface area contributed by atoms with Gasteiger partial charge in [-0.15, -0.1) is 0 Å². The predicted molar refractivity (Wildman–Crippen MR) is 27.7 cm³/mol. The first-order chi connectivity index (χ1) is 3.30. The van der Waals surface area contributed by atoms with Crippen LogP contribution in [0.5, 0.6) is 0 Å². The van der Waals surface area contributed by atoms with Gasteiger partial charge in [0.05, 0.1) is 6.10 Å². The number of hydrogen-bond donors (Lipinski definition) is 1. The summed E-state index contributed by atoms with van der Waals surface area (Å²) in [5, 5.41) is 0. The lowest BCUT2D eigenvalue weighted by Crippen LogP contribution is -2.07. The number of rotatable bonds is 0. The summed E-state index contributed by atoms with van der Waals surface area (Å²) in [6.45, 7) is 5.25. The second-order valence-electron chi connectivity index (χ2n) is 2.15. The molecule has 42 valence electrons. The van der Waals surface area contributed by atoms with Crippen molar-refractivity contribution in [3.63, 3.8) is 0 Å². The maximum absolute atomic E-state index is 5.02. The highest BCUT2D eigenvalue weighted by Crippen LogP contribution is 2.09. The first-order valence-electron chi connectivity index (χ1n) is 2.69. The van der Waals surface area contributed by atoms with Gasteiger partial charge in [-0.2, -0.15) is 0 Å². The second kappa shape index (κ2) is 1.80. The molecule has 2 atom stereocenters. The molecule has 0 aromatic rings. The summed E-state index contributed by atoms with van der Waals surface area (Å²) in [5.41, 5.74) is 2.82. The van der Waals surface area contributed by atoms with E-state index in [9.17, 15) is 0 Å². The van der Waals surface area contributed by atoms with E-state index in [1.807, 2.05) is 0 Å². The molecule has 0 aromatic carbocycles. The Morgan fingerprint density at radius 2 is 2.29 bits per heavy atom. The summed E-state index contributed by atoms with van der Waals surface area (Å²) >= 11 is 0. The summed E-state index contributed by atoms with van der Waals surface area (Å²) in [4.78, 5) is 5.02. The van der Waals surface area contributed by atoms with Crippen molar-refractivity contribution in [1.82, 2.24) is 5.48 Å². The third-order valence-corrected chi connectivity index (χ3v) is 1.48. The molecule has 0 spiro atoms. The van der Waals surface area contributed by atoms with E-state index in [-0.39, 0.29) is 0 Å². The fraction of sp³-hybridized carbons (Fsp3) is 1.00. The maximum Gasteiger partial charge on any atom is 0.0800 e. The van der Waals surface area contributed by atoms with Crippen molar-refractivity contribution in [3.05, 3.63) is 0 Å². The molecule has 1 aliphatic rings. The molecule has 1 fully saturated rings. The molecule has 1 rings (SSSR count). The SMILES string of the molecule is CC1CNOC1C. The van der Waals surface area contributed by atoms with E-state index in [2.05, 4.69) is 19.3 Å². The van der Waals surface area contributed by atoms with Crippen LogP contribution in [0.25, 0.3) is 0 Å². The van der Waals surface area contributed by atoms with E-state index in [1.165, 1.54) is 0 Å². The molecule has 7 heavy (non-hydrogen) atoms. The van der Waals surface area contributed by atoms with Crippen LogP contribution in [0.2, 0.25) is 0 Å². The van der Waals surface area contributed by atoms with Crippen molar-refractivity contribution in [1.29, 1.82) is 0 Å². The third kappa shape index (κ3) is 0.924. The van der Waals surface area contributed by atoms with Crippen LogP contribution in [0.15, 0.2) is 0 Å². The second-order valence-corrected chi connectivity index (χ2v) is 2.15. The normalized spacial score (nSPS) is 42.0. The summed E-state index contributed by atoms with van der Waals surface area (Å²) in [7, 11) is 0. The van der Waals surface area contributed by atoms with Crippen molar-refractivity contribution in [2.45, 2.75) is 20.0 Å². The van der Waals surface area contributed by atoms with E-state index in [4.69, 9.17) is 4.84 Å². The van der Waals surface area contributed by atoms with Gasteiger partial charge in [-0.05, 0) is 12.8 Å². The van der Waals surface area contributed by atoms with Gasteiger partial charge in [-0.1, -0.05) is 6.92 Å². The number of hydroxylamine groups is 1. The molecule has 0 radical (unpaired) electrons. The zero-order valence-electron chi connectivity index (χ0n) is 4.77. The highest BCUT2D eigenvalue weighted by atomic mass is 16.7. The van der Waals surface area contributed by atoms with Crippen LogP contribution in [0.1, 0.15) is 13.8 Å². The van der Waals surface area contributed by atoms with Gasteiger partial charge in [0, 0.05) is 6.54 Å². The van der Waals surface area contributed by atoms with Gasteiger partial charge in [0.15, 0.2) is 0 Å². The highest BCUT2D eigenvalue weighted by Gasteiger charge is 2.18. The minimum absolute atomic E-state index is 0.403. The fourth-order valence-corrected chi connectivity index (χ4v) is 0.593. The van der Waals surface area contributed by atoms with Gasteiger partial charge in [-0.3, -0.25) is 4.84 Å². The van der Waals surface area contributed by atoms with Crippen LogP contribution in [-0.4, -0.2) is 12.6 Å². The topological polar surface area (TPSA) is 21.3 Å². The minimum Gasteiger partial charge on any atom is -0.298 e. The molecule has 2 nitrogen and oxygen atoms in total. The average molecular weight is 101 g/mol. The minimum atomic E-state index is 0.403. The van der Waals surface area contributed by atoms with E-state index in [0.717, 1.165) is 6.54 Å². The molecule has 2 heteroatoms. The van der Waals surface area contributed by atoms with Crippen molar-refractivity contribution < 1.29 is 4.84 Å². The zero-order valence-corrected chi connectivity index (χ0v) is 4.77. The van der Waals surface area contributed by atoms with Crippen LogP contribution in [-0.2, 0) is 4.84 Å². The van der Waals surface area contributed by atoms with Crippen molar-refractivity contribution >= 4 is 0 Å². The summed E-state index contributed by atoms with van der Waals surface area (Å²) in [5.74, 6) is 0.681. The van der Waals surface area contributed by atoms with Crippen LogP contribution in [0.4, 0.5) is 0 Å². The Kier molecular flexibility index (Phi) is 1.30. The molecule has 1 saturated heterocycles. The van der Waals surface area contributed by atoms with E-state index in [1.54, 1.807) is 0 Å². The zero-order chi connectivity index (χ0) is 5.28. The predicted octanol–water partition coefficient (Wildman–Crippen LogP) is 0.546. The molecule has 0 aliphatic carbocycles. The lowest BCUT2D eigenvalue weighted by atomic mass is 10.1.